The summed E-state index contributed by atoms with van der Waals surface area (Å²) in [6, 6.07) is 0. The number of terminal acetylenes is 1. The topological polar surface area (TPSA) is 49.9 Å². The van der Waals surface area contributed by atoms with Gasteiger partial charge in [-0.05, 0) is 6.42 Å². The molecule has 1 atom stereocenters. The molecule has 0 aromatic rings. The standard InChI is InChI=1S/C15H22N2O3/c1-4-8-16(9-5-2)15(19)13-6-7-14(18)17(12-13)10-11-20-3/h1,5,13H,2,6-12H2,3H3/t13-/m1/s1. The fraction of sp³-hybridized carbons (Fsp3) is 0.600. The minimum absolute atomic E-state index is 0.00207. The van der Waals surface area contributed by atoms with Crippen LogP contribution in [0, 0.1) is 18.3 Å². The monoisotopic (exact) mass is 278 g/mol. The van der Waals surface area contributed by atoms with Gasteiger partial charge in [-0.25, -0.2) is 0 Å². The Labute approximate surface area is 120 Å². The van der Waals surface area contributed by atoms with Gasteiger partial charge in [0.15, 0.2) is 0 Å². The zero-order valence-corrected chi connectivity index (χ0v) is 12.0. The average molecular weight is 278 g/mol. The van der Waals surface area contributed by atoms with Crippen molar-refractivity contribution in [1.29, 1.82) is 0 Å². The van der Waals surface area contributed by atoms with Crippen LogP contribution in [0.15, 0.2) is 12.7 Å². The number of carbonyl (C=O) groups is 2. The van der Waals surface area contributed by atoms with Crippen molar-refractivity contribution in [3.63, 3.8) is 0 Å². The lowest BCUT2D eigenvalue weighted by molar-refractivity contribution is -0.142. The van der Waals surface area contributed by atoms with Crippen molar-refractivity contribution in [3.8, 4) is 12.3 Å². The third kappa shape index (κ3) is 4.39. The molecule has 0 unspecified atom stereocenters. The first-order chi connectivity index (χ1) is 9.63. The van der Waals surface area contributed by atoms with Crippen molar-refractivity contribution < 1.29 is 14.3 Å². The van der Waals surface area contributed by atoms with Gasteiger partial charge in [0, 0.05) is 33.2 Å². The van der Waals surface area contributed by atoms with Crippen LogP contribution in [0.25, 0.3) is 0 Å². The Kier molecular flexibility index (Phi) is 6.82. The van der Waals surface area contributed by atoms with Crippen LogP contribution in [0.2, 0.25) is 0 Å². The second-order valence-electron chi connectivity index (χ2n) is 4.78. The Hall–Kier alpha value is -1.80. The van der Waals surface area contributed by atoms with Gasteiger partial charge in [0.2, 0.25) is 11.8 Å². The lowest BCUT2D eigenvalue weighted by atomic mass is 9.96. The molecule has 0 saturated carbocycles. The molecule has 0 N–H and O–H groups in total. The summed E-state index contributed by atoms with van der Waals surface area (Å²) in [5.41, 5.74) is 0. The normalized spacial score (nSPS) is 18.5. The van der Waals surface area contributed by atoms with E-state index in [2.05, 4.69) is 12.5 Å². The van der Waals surface area contributed by atoms with Crippen molar-refractivity contribution in [1.82, 2.24) is 9.80 Å². The molecule has 1 rings (SSSR count). The van der Waals surface area contributed by atoms with Crippen LogP contribution in [-0.2, 0) is 14.3 Å². The predicted molar refractivity (Wildman–Crippen MR) is 76.8 cm³/mol. The van der Waals surface area contributed by atoms with E-state index in [1.807, 2.05) is 0 Å². The molecule has 5 heteroatoms. The third-order valence-electron chi connectivity index (χ3n) is 3.36. The minimum Gasteiger partial charge on any atom is -0.383 e. The van der Waals surface area contributed by atoms with E-state index >= 15 is 0 Å². The van der Waals surface area contributed by atoms with E-state index in [4.69, 9.17) is 11.2 Å². The quantitative estimate of drug-likeness (QED) is 0.504. The van der Waals surface area contributed by atoms with Crippen LogP contribution < -0.4 is 0 Å². The lowest BCUT2D eigenvalue weighted by Crippen LogP contribution is -2.48. The van der Waals surface area contributed by atoms with E-state index in [1.165, 1.54) is 0 Å². The van der Waals surface area contributed by atoms with E-state index < -0.39 is 0 Å². The van der Waals surface area contributed by atoms with E-state index in [9.17, 15) is 9.59 Å². The number of piperidine rings is 1. The molecule has 1 saturated heterocycles. The highest BCUT2D eigenvalue weighted by atomic mass is 16.5. The average Bonchev–Trinajstić information content (AvgIpc) is 2.45. The molecule has 5 nitrogen and oxygen atoms in total. The van der Waals surface area contributed by atoms with Gasteiger partial charge < -0.3 is 14.5 Å². The largest absolute Gasteiger partial charge is 0.383 e. The summed E-state index contributed by atoms with van der Waals surface area (Å²) >= 11 is 0. The van der Waals surface area contributed by atoms with Gasteiger partial charge in [-0.15, -0.1) is 13.0 Å². The molecule has 0 spiro atoms. The maximum Gasteiger partial charge on any atom is 0.228 e. The number of ether oxygens (including phenoxy) is 1. The molecule has 1 aliphatic heterocycles. The van der Waals surface area contributed by atoms with Crippen molar-refractivity contribution in [2.45, 2.75) is 12.8 Å². The number of hydrogen-bond acceptors (Lipinski definition) is 3. The van der Waals surface area contributed by atoms with Gasteiger partial charge in [-0.3, -0.25) is 9.59 Å². The summed E-state index contributed by atoms with van der Waals surface area (Å²) in [7, 11) is 1.59. The molecule has 110 valence electrons. The maximum atomic E-state index is 12.4. The first kappa shape index (κ1) is 16.3. The molecule has 0 bridgehead atoms. The van der Waals surface area contributed by atoms with Crippen LogP contribution in [0.5, 0.6) is 0 Å². The van der Waals surface area contributed by atoms with E-state index in [1.54, 1.807) is 23.0 Å². The van der Waals surface area contributed by atoms with Crippen LogP contribution >= 0.6 is 0 Å². The molecular formula is C15H22N2O3. The fourth-order valence-corrected chi connectivity index (χ4v) is 2.29. The molecular weight excluding hydrogens is 256 g/mol. The Morgan fingerprint density at radius 3 is 3.05 bits per heavy atom. The number of hydrogen-bond donors (Lipinski definition) is 0. The van der Waals surface area contributed by atoms with Gasteiger partial charge in [0.1, 0.15) is 0 Å². The zero-order valence-electron chi connectivity index (χ0n) is 12.0. The Morgan fingerprint density at radius 2 is 2.45 bits per heavy atom. The zero-order chi connectivity index (χ0) is 15.0. The Morgan fingerprint density at radius 1 is 1.70 bits per heavy atom. The van der Waals surface area contributed by atoms with Gasteiger partial charge >= 0.3 is 0 Å². The van der Waals surface area contributed by atoms with Gasteiger partial charge in [-0.2, -0.15) is 0 Å². The highest BCUT2D eigenvalue weighted by Crippen LogP contribution is 2.19. The molecule has 2 amide bonds. The smallest absolute Gasteiger partial charge is 0.228 e. The van der Waals surface area contributed by atoms with Crippen molar-refractivity contribution >= 4 is 11.8 Å². The summed E-state index contributed by atoms with van der Waals surface area (Å²) in [6.45, 7) is 5.79. The minimum atomic E-state index is -0.183. The summed E-state index contributed by atoms with van der Waals surface area (Å²) in [4.78, 5) is 27.5. The third-order valence-corrected chi connectivity index (χ3v) is 3.36. The molecule has 20 heavy (non-hydrogen) atoms. The summed E-state index contributed by atoms with van der Waals surface area (Å²) in [5.74, 6) is 2.38. The fourth-order valence-electron chi connectivity index (χ4n) is 2.29. The maximum absolute atomic E-state index is 12.4. The number of amides is 2. The van der Waals surface area contributed by atoms with Crippen LogP contribution in [0.1, 0.15) is 12.8 Å². The van der Waals surface area contributed by atoms with E-state index in [0.29, 0.717) is 39.1 Å². The van der Waals surface area contributed by atoms with Crippen molar-refractivity contribution in [2.24, 2.45) is 5.92 Å². The second kappa shape index (κ2) is 8.39. The second-order valence-corrected chi connectivity index (χ2v) is 4.78. The molecule has 0 aliphatic carbocycles. The SMILES string of the molecule is C#CCN(CC=C)C(=O)[C@@H]1CCC(=O)N(CCOC)C1. The molecule has 0 radical (unpaired) electrons. The number of nitrogens with zero attached hydrogens (tertiary/aromatic N) is 2. The highest BCUT2D eigenvalue weighted by molar-refractivity contribution is 5.84. The van der Waals surface area contributed by atoms with Crippen molar-refractivity contribution in [3.05, 3.63) is 12.7 Å². The number of methoxy groups -OCH3 is 1. The summed E-state index contributed by atoms with van der Waals surface area (Å²) in [5, 5.41) is 0. The first-order valence-corrected chi connectivity index (χ1v) is 6.73. The van der Waals surface area contributed by atoms with Gasteiger partial charge in [0.25, 0.3) is 0 Å². The van der Waals surface area contributed by atoms with Gasteiger partial charge in [-0.1, -0.05) is 12.0 Å². The Bertz CT molecular complexity index is 400. The van der Waals surface area contributed by atoms with Gasteiger partial charge in [0.05, 0.1) is 19.1 Å². The first-order valence-electron chi connectivity index (χ1n) is 6.73. The molecule has 1 aliphatic rings. The van der Waals surface area contributed by atoms with Crippen LogP contribution in [-0.4, -0.2) is 61.5 Å². The van der Waals surface area contributed by atoms with Crippen LogP contribution in [0.4, 0.5) is 0 Å². The molecule has 0 aromatic heterocycles. The highest BCUT2D eigenvalue weighted by Gasteiger charge is 2.32. The summed E-state index contributed by atoms with van der Waals surface area (Å²) in [6.07, 6.45) is 7.93. The molecule has 0 aromatic carbocycles. The predicted octanol–water partition coefficient (Wildman–Crippen LogP) is 0.519. The Balaban J connectivity index is 2.65. The molecule has 1 fully saturated rings. The number of carbonyl (C=O) groups excluding carboxylic acids is 2. The number of rotatable bonds is 7. The van der Waals surface area contributed by atoms with Crippen molar-refractivity contribution in [2.75, 3.05) is 39.9 Å². The van der Waals surface area contributed by atoms with E-state index in [0.717, 1.165) is 0 Å². The summed E-state index contributed by atoms with van der Waals surface area (Å²) < 4.78 is 4.98. The number of likely N-dealkylation sites (tertiary alicyclic amines) is 1. The lowest BCUT2D eigenvalue weighted by Gasteiger charge is -2.34. The van der Waals surface area contributed by atoms with Crippen LogP contribution in [0.3, 0.4) is 0 Å². The molecule has 1 heterocycles. The van der Waals surface area contributed by atoms with E-state index in [-0.39, 0.29) is 24.3 Å².